The van der Waals surface area contributed by atoms with Gasteiger partial charge in [-0.25, -0.2) is 4.79 Å². The summed E-state index contributed by atoms with van der Waals surface area (Å²) in [6.07, 6.45) is 1.31. The number of hydrogen-bond acceptors (Lipinski definition) is 5. The van der Waals surface area contributed by atoms with E-state index in [4.69, 9.17) is 9.63 Å². The molecule has 0 unspecified atom stereocenters. The van der Waals surface area contributed by atoms with Crippen molar-refractivity contribution in [1.29, 1.82) is 0 Å². The van der Waals surface area contributed by atoms with Crippen LogP contribution in [0, 0.1) is 6.92 Å². The molecule has 0 atom stereocenters. The molecule has 0 aliphatic rings. The third kappa shape index (κ3) is 4.41. The van der Waals surface area contributed by atoms with Crippen molar-refractivity contribution in [2.45, 2.75) is 26.2 Å². The van der Waals surface area contributed by atoms with Crippen molar-refractivity contribution in [1.82, 2.24) is 15.5 Å². The van der Waals surface area contributed by atoms with Crippen LogP contribution in [0.5, 0.6) is 0 Å². The summed E-state index contributed by atoms with van der Waals surface area (Å²) in [7, 11) is 0. The molecule has 0 aliphatic carbocycles. The first-order valence-corrected chi connectivity index (χ1v) is 6.93. The summed E-state index contributed by atoms with van der Waals surface area (Å²) >= 11 is 0. The molecule has 7 heteroatoms. The average Bonchev–Trinajstić information content (AvgIpc) is 2.89. The van der Waals surface area contributed by atoms with Gasteiger partial charge in [0.1, 0.15) is 0 Å². The highest BCUT2D eigenvalue weighted by Crippen LogP contribution is 2.09. The maximum Gasteiger partial charge on any atom is 0.335 e. The van der Waals surface area contributed by atoms with Gasteiger partial charge in [0.2, 0.25) is 11.8 Å². The zero-order valence-corrected chi connectivity index (χ0v) is 12.2. The number of nitrogens with zero attached hydrogens (tertiary/aromatic N) is 2. The van der Waals surface area contributed by atoms with Crippen LogP contribution < -0.4 is 5.32 Å². The minimum atomic E-state index is -1.03. The Labute approximate surface area is 127 Å². The number of benzene rings is 1. The van der Waals surface area contributed by atoms with Gasteiger partial charge in [-0.05, 0) is 25.0 Å². The number of carboxylic acid groups (broad SMARTS) is 1. The molecule has 1 aromatic heterocycles. The third-order valence-corrected chi connectivity index (χ3v) is 3.06. The molecule has 2 aromatic rings. The van der Waals surface area contributed by atoms with Gasteiger partial charge in [0.25, 0.3) is 0 Å². The minimum Gasteiger partial charge on any atom is -0.478 e. The fraction of sp³-hybridized carbons (Fsp3) is 0.333. The zero-order chi connectivity index (χ0) is 15.9. The monoisotopic (exact) mass is 303 g/mol. The molecule has 22 heavy (non-hydrogen) atoms. The highest BCUT2D eigenvalue weighted by molar-refractivity contribution is 5.91. The predicted octanol–water partition coefficient (Wildman–Crippen LogP) is 1.37. The van der Waals surface area contributed by atoms with E-state index in [1.807, 2.05) is 0 Å². The van der Waals surface area contributed by atoms with Crippen LogP contribution in [0.3, 0.4) is 0 Å². The standard InChI is InChI=1S/C15H17N3O4/c1-10-17-14(22-18-10)7-4-8-16-13(19)9-11-5-2-3-6-12(11)15(20)21/h2-3,5-6H,4,7-9H2,1H3,(H,16,19)(H,20,21). The van der Waals surface area contributed by atoms with Crippen molar-refractivity contribution in [3.8, 4) is 0 Å². The van der Waals surface area contributed by atoms with Crippen molar-refractivity contribution >= 4 is 11.9 Å². The summed E-state index contributed by atoms with van der Waals surface area (Å²) in [4.78, 5) is 27.0. The lowest BCUT2D eigenvalue weighted by molar-refractivity contribution is -0.120. The van der Waals surface area contributed by atoms with Crippen LogP contribution in [0.2, 0.25) is 0 Å². The number of rotatable bonds is 7. The molecule has 1 amide bonds. The lowest BCUT2D eigenvalue weighted by atomic mass is 10.0. The largest absolute Gasteiger partial charge is 0.478 e. The Hall–Kier alpha value is -2.70. The first kappa shape index (κ1) is 15.7. The predicted molar refractivity (Wildman–Crippen MR) is 77.5 cm³/mol. The third-order valence-electron chi connectivity index (χ3n) is 3.06. The molecule has 0 saturated heterocycles. The molecular weight excluding hydrogens is 286 g/mol. The van der Waals surface area contributed by atoms with Gasteiger partial charge in [0, 0.05) is 13.0 Å². The number of aromatic nitrogens is 2. The summed E-state index contributed by atoms with van der Waals surface area (Å²) in [5.41, 5.74) is 0.652. The molecule has 116 valence electrons. The van der Waals surface area contributed by atoms with Gasteiger partial charge in [0.15, 0.2) is 5.82 Å². The fourth-order valence-electron chi connectivity index (χ4n) is 2.03. The summed E-state index contributed by atoms with van der Waals surface area (Å²) < 4.78 is 4.97. The van der Waals surface area contributed by atoms with Crippen LogP contribution >= 0.6 is 0 Å². The number of aromatic carboxylic acids is 1. The van der Waals surface area contributed by atoms with Gasteiger partial charge in [-0.1, -0.05) is 23.4 Å². The Morgan fingerprint density at radius 1 is 1.32 bits per heavy atom. The number of aryl methyl sites for hydroxylation is 2. The second-order valence-corrected chi connectivity index (χ2v) is 4.83. The molecule has 2 rings (SSSR count). The van der Waals surface area contributed by atoms with Crippen LogP contribution in [-0.2, 0) is 17.6 Å². The van der Waals surface area contributed by atoms with E-state index in [0.29, 0.717) is 36.7 Å². The van der Waals surface area contributed by atoms with Crippen LogP contribution in [0.15, 0.2) is 28.8 Å². The number of nitrogens with one attached hydrogen (secondary N) is 1. The Balaban J connectivity index is 1.77. The van der Waals surface area contributed by atoms with Crippen LogP contribution in [0.1, 0.15) is 34.1 Å². The van der Waals surface area contributed by atoms with E-state index in [2.05, 4.69) is 15.5 Å². The van der Waals surface area contributed by atoms with Crippen molar-refractivity contribution < 1.29 is 19.2 Å². The van der Waals surface area contributed by atoms with E-state index in [1.54, 1.807) is 25.1 Å². The highest BCUT2D eigenvalue weighted by Gasteiger charge is 2.12. The van der Waals surface area contributed by atoms with Crippen molar-refractivity contribution in [2.24, 2.45) is 0 Å². The van der Waals surface area contributed by atoms with Crippen LogP contribution in [-0.4, -0.2) is 33.7 Å². The molecule has 0 radical (unpaired) electrons. The van der Waals surface area contributed by atoms with Gasteiger partial charge >= 0.3 is 5.97 Å². The highest BCUT2D eigenvalue weighted by atomic mass is 16.5. The number of hydrogen-bond donors (Lipinski definition) is 2. The van der Waals surface area contributed by atoms with Crippen LogP contribution in [0.4, 0.5) is 0 Å². The molecule has 0 aliphatic heterocycles. The van der Waals surface area contributed by atoms with Gasteiger partial charge in [-0.15, -0.1) is 0 Å². The maximum atomic E-state index is 11.8. The van der Waals surface area contributed by atoms with Crippen LogP contribution in [0.25, 0.3) is 0 Å². The summed E-state index contributed by atoms with van der Waals surface area (Å²) in [5.74, 6) is -0.113. The molecular formula is C15H17N3O4. The Morgan fingerprint density at radius 3 is 2.77 bits per heavy atom. The molecule has 2 N–H and O–H groups in total. The van der Waals surface area contributed by atoms with Crippen molar-refractivity contribution in [2.75, 3.05) is 6.54 Å². The van der Waals surface area contributed by atoms with Crippen molar-refractivity contribution in [3.05, 3.63) is 47.1 Å². The van der Waals surface area contributed by atoms with E-state index in [-0.39, 0.29) is 17.9 Å². The first-order chi connectivity index (χ1) is 10.6. The molecule has 0 fully saturated rings. The number of carbonyl (C=O) groups is 2. The van der Waals surface area contributed by atoms with E-state index in [1.165, 1.54) is 6.07 Å². The van der Waals surface area contributed by atoms with E-state index in [0.717, 1.165) is 0 Å². The smallest absolute Gasteiger partial charge is 0.335 e. The molecule has 0 bridgehead atoms. The normalized spacial score (nSPS) is 10.4. The Bertz CT molecular complexity index is 666. The topological polar surface area (TPSA) is 105 Å². The second-order valence-electron chi connectivity index (χ2n) is 4.83. The SMILES string of the molecule is Cc1noc(CCCNC(=O)Cc2ccccc2C(=O)O)n1. The van der Waals surface area contributed by atoms with Crippen molar-refractivity contribution in [3.63, 3.8) is 0 Å². The minimum absolute atomic E-state index is 0.0438. The molecule has 7 nitrogen and oxygen atoms in total. The number of amides is 1. The maximum absolute atomic E-state index is 11.8. The van der Waals surface area contributed by atoms with E-state index in [9.17, 15) is 9.59 Å². The van der Waals surface area contributed by atoms with E-state index >= 15 is 0 Å². The lowest BCUT2D eigenvalue weighted by Crippen LogP contribution is -2.27. The molecule has 0 spiro atoms. The molecule has 1 heterocycles. The second kappa shape index (κ2) is 7.35. The van der Waals surface area contributed by atoms with Gasteiger partial charge in [0.05, 0.1) is 12.0 Å². The van der Waals surface area contributed by atoms with Gasteiger partial charge in [-0.2, -0.15) is 4.98 Å². The first-order valence-electron chi connectivity index (χ1n) is 6.93. The quantitative estimate of drug-likeness (QED) is 0.748. The number of carboxylic acids is 1. The molecule has 0 saturated carbocycles. The summed E-state index contributed by atoms with van der Waals surface area (Å²) in [5, 5.41) is 15.5. The fourth-order valence-corrected chi connectivity index (χ4v) is 2.03. The molecule has 1 aromatic carbocycles. The Morgan fingerprint density at radius 2 is 2.09 bits per heavy atom. The number of carbonyl (C=O) groups excluding carboxylic acids is 1. The lowest BCUT2D eigenvalue weighted by Gasteiger charge is -2.07. The van der Waals surface area contributed by atoms with E-state index < -0.39 is 5.97 Å². The summed E-state index contributed by atoms with van der Waals surface area (Å²) in [6, 6.07) is 6.48. The van der Waals surface area contributed by atoms with Gasteiger partial charge < -0.3 is 14.9 Å². The zero-order valence-electron chi connectivity index (χ0n) is 12.2. The average molecular weight is 303 g/mol. The summed E-state index contributed by atoms with van der Waals surface area (Å²) in [6.45, 7) is 2.21. The Kier molecular flexibility index (Phi) is 5.24. The van der Waals surface area contributed by atoms with Gasteiger partial charge in [-0.3, -0.25) is 4.79 Å².